The zero-order valence-corrected chi connectivity index (χ0v) is 17.2. The van der Waals surface area contributed by atoms with Gasteiger partial charge in [0, 0.05) is 11.1 Å². The molecule has 1 aliphatic rings. The van der Waals surface area contributed by atoms with Crippen LogP contribution in [-0.2, 0) is 23.8 Å². The smallest absolute Gasteiger partial charge is 0.333 e. The quantitative estimate of drug-likeness (QED) is 0.392. The van der Waals surface area contributed by atoms with Crippen molar-refractivity contribution in [3.05, 3.63) is 66.3 Å². The van der Waals surface area contributed by atoms with E-state index in [9.17, 15) is 9.59 Å². The van der Waals surface area contributed by atoms with Crippen molar-refractivity contribution in [1.82, 2.24) is 0 Å². The summed E-state index contributed by atoms with van der Waals surface area (Å²) in [4.78, 5) is 22.3. The third-order valence-corrected chi connectivity index (χ3v) is 3.31. The molecule has 1 unspecified atom stereocenters. The molecule has 1 heterocycles. The Balaban J connectivity index is 0.000000336. The van der Waals surface area contributed by atoms with E-state index in [1.807, 2.05) is 63.3 Å². The maximum Gasteiger partial charge on any atom is 0.333 e. The minimum absolute atomic E-state index is 0.0987. The molecule has 5 nitrogen and oxygen atoms in total. The van der Waals surface area contributed by atoms with E-state index in [0.29, 0.717) is 30.8 Å². The van der Waals surface area contributed by atoms with Crippen LogP contribution in [0.5, 0.6) is 0 Å². The van der Waals surface area contributed by atoms with E-state index in [-0.39, 0.29) is 18.0 Å². The number of esters is 2. The highest BCUT2D eigenvalue weighted by Gasteiger charge is 2.24. The molecule has 5 heteroatoms. The predicted octanol–water partition coefficient (Wildman–Crippen LogP) is 4.49. The molecule has 1 aliphatic heterocycles. The first-order valence-electron chi connectivity index (χ1n) is 9.15. The molecule has 0 aromatic heterocycles. The lowest BCUT2D eigenvalue weighted by molar-refractivity contribution is -0.149. The maximum absolute atomic E-state index is 11.5. The first-order chi connectivity index (χ1) is 13.1. The lowest BCUT2D eigenvalue weighted by Crippen LogP contribution is -2.23. The normalized spacial score (nSPS) is 15.2. The fraction of sp³-hybridized carbons (Fsp3) is 0.391. The van der Waals surface area contributed by atoms with Crippen molar-refractivity contribution in [3.8, 4) is 0 Å². The molecule has 152 valence electrons. The van der Waals surface area contributed by atoms with E-state index in [4.69, 9.17) is 14.2 Å². The van der Waals surface area contributed by atoms with E-state index in [2.05, 4.69) is 13.2 Å². The van der Waals surface area contributed by atoms with Crippen molar-refractivity contribution in [2.24, 2.45) is 0 Å². The molecule has 0 amide bonds. The van der Waals surface area contributed by atoms with Gasteiger partial charge in [-0.2, -0.15) is 0 Å². The molecule has 2 rings (SSSR count). The Morgan fingerprint density at radius 1 is 1.18 bits per heavy atom. The third kappa shape index (κ3) is 11.1. The van der Waals surface area contributed by atoms with Gasteiger partial charge in [-0.25, -0.2) is 9.59 Å². The summed E-state index contributed by atoms with van der Waals surface area (Å²) < 4.78 is 15.0. The average Bonchev–Trinajstić information content (AvgIpc) is 3.44. The van der Waals surface area contributed by atoms with Crippen molar-refractivity contribution in [1.29, 1.82) is 0 Å². The van der Waals surface area contributed by atoms with Gasteiger partial charge < -0.3 is 14.2 Å². The summed E-state index contributed by atoms with van der Waals surface area (Å²) in [5.74, 6) is -0.671. The van der Waals surface area contributed by atoms with Crippen LogP contribution in [0, 0.1) is 0 Å². The number of ether oxygens (including phenoxy) is 3. The number of hydrogen-bond acceptors (Lipinski definition) is 5. The van der Waals surface area contributed by atoms with Gasteiger partial charge in [-0.1, -0.05) is 55.6 Å². The fourth-order valence-electron chi connectivity index (χ4n) is 1.78. The van der Waals surface area contributed by atoms with Gasteiger partial charge in [0.2, 0.25) is 0 Å². The van der Waals surface area contributed by atoms with Crippen molar-refractivity contribution in [3.63, 3.8) is 0 Å². The van der Waals surface area contributed by atoms with E-state index in [1.54, 1.807) is 6.92 Å². The topological polar surface area (TPSA) is 65.1 Å². The highest BCUT2D eigenvalue weighted by molar-refractivity contribution is 5.88. The van der Waals surface area contributed by atoms with Gasteiger partial charge in [-0.15, -0.1) is 0 Å². The lowest BCUT2D eigenvalue weighted by Gasteiger charge is -2.19. The molecule has 1 atom stereocenters. The van der Waals surface area contributed by atoms with Gasteiger partial charge in [0.25, 0.3) is 0 Å². The molecule has 0 saturated carbocycles. The maximum atomic E-state index is 11.5. The fourth-order valence-corrected chi connectivity index (χ4v) is 1.78. The molecule has 0 spiro atoms. The van der Waals surface area contributed by atoms with Gasteiger partial charge >= 0.3 is 11.9 Å². The van der Waals surface area contributed by atoms with Crippen LogP contribution in [-0.4, -0.2) is 36.9 Å². The van der Waals surface area contributed by atoms with Crippen molar-refractivity contribution >= 4 is 18.0 Å². The van der Waals surface area contributed by atoms with Gasteiger partial charge in [0.15, 0.2) is 0 Å². The second kappa shape index (κ2) is 11.2. The Morgan fingerprint density at radius 3 is 2.25 bits per heavy atom. The predicted molar refractivity (Wildman–Crippen MR) is 111 cm³/mol. The molecule has 28 heavy (non-hydrogen) atoms. The number of hydrogen-bond donors (Lipinski definition) is 0. The van der Waals surface area contributed by atoms with Crippen LogP contribution < -0.4 is 0 Å². The molecule has 1 aromatic rings. The van der Waals surface area contributed by atoms with Crippen LogP contribution in [0.3, 0.4) is 0 Å². The summed E-state index contributed by atoms with van der Waals surface area (Å²) in [7, 11) is 0. The standard InChI is InChI=1S/C15H16O3.C8H14O2/c1-12(15(16)18-11-14-10-17-14)6-5-9-13-7-3-2-4-8-13;1-6(2)7(9)10-8(3,4)5/h2-5,7-9,14H,1,6,10-11H2;1H2,2-5H3. The van der Waals surface area contributed by atoms with Crippen molar-refractivity contribution in [2.45, 2.75) is 45.8 Å². The number of carbonyl (C=O) groups is 2. The summed E-state index contributed by atoms with van der Waals surface area (Å²) in [6.07, 6.45) is 4.47. The average molecular weight is 386 g/mol. The van der Waals surface area contributed by atoms with Crippen LogP contribution >= 0.6 is 0 Å². The van der Waals surface area contributed by atoms with Crippen LogP contribution in [0.25, 0.3) is 6.08 Å². The summed E-state index contributed by atoms with van der Waals surface area (Å²) >= 11 is 0. The van der Waals surface area contributed by atoms with Gasteiger partial charge in [-0.3, -0.25) is 0 Å². The van der Waals surface area contributed by atoms with E-state index >= 15 is 0 Å². The minimum atomic E-state index is -0.407. The van der Waals surface area contributed by atoms with Gasteiger partial charge in [-0.05, 0) is 39.7 Å². The number of carbonyl (C=O) groups excluding carboxylic acids is 2. The third-order valence-electron chi connectivity index (χ3n) is 3.31. The van der Waals surface area contributed by atoms with E-state index in [0.717, 1.165) is 5.56 Å². The Hall–Kier alpha value is -2.66. The van der Waals surface area contributed by atoms with E-state index < -0.39 is 5.60 Å². The SMILES string of the molecule is C=C(C)C(=O)OC(C)(C)C.C=C(CC=Cc1ccccc1)C(=O)OCC1CO1. The van der Waals surface area contributed by atoms with Crippen molar-refractivity contribution in [2.75, 3.05) is 13.2 Å². The summed E-state index contributed by atoms with van der Waals surface area (Å²) in [5, 5.41) is 0. The number of allylic oxidation sites excluding steroid dienone is 1. The Bertz CT molecular complexity index is 706. The van der Waals surface area contributed by atoms with Crippen LogP contribution in [0.4, 0.5) is 0 Å². The molecular formula is C23H30O5. The first kappa shape index (κ1) is 23.4. The summed E-state index contributed by atoms with van der Waals surface area (Å²) in [6.45, 7) is 15.3. The first-order valence-corrected chi connectivity index (χ1v) is 9.15. The Labute approximate surface area is 167 Å². The highest BCUT2D eigenvalue weighted by Crippen LogP contribution is 2.11. The lowest BCUT2D eigenvalue weighted by atomic mass is 10.1. The molecule has 1 saturated heterocycles. The number of benzene rings is 1. The Kier molecular flexibility index (Phi) is 9.39. The number of rotatable bonds is 7. The highest BCUT2D eigenvalue weighted by atomic mass is 16.6. The molecule has 0 N–H and O–H groups in total. The zero-order valence-electron chi connectivity index (χ0n) is 17.2. The van der Waals surface area contributed by atoms with E-state index in [1.165, 1.54) is 0 Å². The van der Waals surface area contributed by atoms with Crippen LogP contribution in [0.2, 0.25) is 0 Å². The molecule has 0 aliphatic carbocycles. The second-order valence-corrected chi connectivity index (χ2v) is 7.46. The largest absolute Gasteiger partial charge is 0.459 e. The summed E-state index contributed by atoms with van der Waals surface area (Å²) in [5.41, 5.74) is 1.60. The monoisotopic (exact) mass is 386 g/mol. The molecular weight excluding hydrogens is 356 g/mol. The van der Waals surface area contributed by atoms with Gasteiger partial charge in [0.1, 0.15) is 18.3 Å². The Morgan fingerprint density at radius 2 is 1.79 bits per heavy atom. The van der Waals surface area contributed by atoms with Crippen LogP contribution in [0.15, 0.2) is 60.7 Å². The number of epoxide rings is 1. The molecule has 1 aromatic carbocycles. The second-order valence-electron chi connectivity index (χ2n) is 7.46. The van der Waals surface area contributed by atoms with Crippen LogP contribution in [0.1, 0.15) is 39.7 Å². The molecule has 0 radical (unpaired) electrons. The molecule has 0 bridgehead atoms. The minimum Gasteiger partial charge on any atom is -0.459 e. The van der Waals surface area contributed by atoms with Gasteiger partial charge in [0.05, 0.1) is 6.61 Å². The summed E-state index contributed by atoms with van der Waals surface area (Å²) in [6, 6.07) is 9.91. The molecule has 1 fully saturated rings. The van der Waals surface area contributed by atoms with Crippen molar-refractivity contribution < 1.29 is 23.8 Å². The zero-order chi connectivity index (χ0) is 21.2.